The van der Waals surface area contributed by atoms with Gasteiger partial charge < -0.3 is 19.5 Å². The van der Waals surface area contributed by atoms with E-state index in [1.807, 2.05) is 18.5 Å². The summed E-state index contributed by atoms with van der Waals surface area (Å²) in [6, 6.07) is 0. The normalized spacial score (nSPS) is 24.8. The molecule has 0 spiro atoms. The molecule has 140 valence electrons. The lowest BCUT2D eigenvalue weighted by Gasteiger charge is -2.34. The zero-order chi connectivity index (χ0) is 17.6. The fraction of sp³-hybridized carbons (Fsp3) is 0.824. The molecule has 0 aliphatic carbocycles. The molecule has 3 rings (SSSR count). The highest BCUT2D eigenvalue weighted by atomic mass is 32.2. The van der Waals surface area contributed by atoms with Gasteiger partial charge in [0.15, 0.2) is 11.8 Å². The van der Waals surface area contributed by atoms with Crippen LogP contribution in [0.5, 0.6) is 0 Å². The molecule has 0 bridgehead atoms. The Labute approximate surface area is 154 Å². The van der Waals surface area contributed by atoms with Crippen LogP contribution in [0.25, 0.3) is 0 Å². The average molecular weight is 367 g/mol. The van der Waals surface area contributed by atoms with Crippen molar-refractivity contribution in [1.82, 2.24) is 25.0 Å². The van der Waals surface area contributed by atoms with Gasteiger partial charge in [0.05, 0.1) is 6.10 Å². The van der Waals surface area contributed by atoms with Gasteiger partial charge in [-0.3, -0.25) is 0 Å². The third kappa shape index (κ3) is 4.88. The van der Waals surface area contributed by atoms with E-state index in [2.05, 4.69) is 39.1 Å². The number of hydrogen-bond acceptors (Lipinski definition) is 5. The molecule has 1 N–H and O–H groups in total. The van der Waals surface area contributed by atoms with Crippen LogP contribution < -0.4 is 5.32 Å². The third-order valence-electron chi connectivity index (χ3n) is 4.96. The van der Waals surface area contributed by atoms with Crippen LogP contribution in [0.2, 0.25) is 0 Å². The molecule has 7 nitrogen and oxygen atoms in total. The number of nitrogens with one attached hydrogen (secondary N) is 1. The second-order valence-corrected chi connectivity index (χ2v) is 8.13. The van der Waals surface area contributed by atoms with E-state index in [0.717, 1.165) is 62.4 Å². The van der Waals surface area contributed by atoms with E-state index >= 15 is 0 Å². The van der Waals surface area contributed by atoms with E-state index in [0.29, 0.717) is 17.9 Å². The van der Waals surface area contributed by atoms with E-state index in [1.165, 1.54) is 6.42 Å². The van der Waals surface area contributed by atoms with Gasteiger partial charge in [-0.25, -0.2) is 4.99 Å². The SMILES string of the molecule is CCC1CN(C(=NCc2nnc(C)n2C)NCC2CCCO2)CCS1. The van der Waals surface area contributed by atoms with Crippen molar-refractivity contribution in [3.05, 3.63) is 11.6 Å². The molecule has 2 saturated heterocycles. The summed E-state index contributed by atoms with van der Waals surface area (Å²) >= 11 is 2.07. The molecule has 0 aromatic carbocycles. The van der Waals surface area contributed by atoms with Gasteiger partial charge in [0, 0.05) is 44.3 Å². The van der Waals surface area contributed by atoms with Crippen LogP contribution in [0, 0.1) is 6.92 Å². The Morgan fingerprint density at radius 2 is 2.32 bits per heavy atom. The molecule has 0 radical (unpaired) electrons. The van der Waals surface area contributed by atoms with Gasteiger partial charge in [-0.1, -0.05) is 6.92 Å². The summed E-state index contributed by atoms with van der Waals surface area (Å²) in [5.41, 5.74) is 0. The van der Waals surface area contributed by atoms with Crippen LogP contribution in [0.15, 0.2) is 4.99 Å². The Morgan fingerprint density at radius 1 is 1.44 bits per heavy atom. The Balaban J connectivity index is 1.68. The topological polar surface area (TPSA) is 67.6 Å². The number of aromatic nitrogens is 3. The van der Waals surface area contributed by atoms with Crippen molar-refractivity contribution < 1.29 is 4.74 Å². The zero-order valence-corrected chi connectivity index (χ0v) is 16.4. The van der Waals surface area contributed by atoms with E-state index in [-0.39, 0.29) is 0 Å². The number of aryl methyl sites for hydroxylation is 1. The Morgan fingerprint density at radius 3 is 3.00 bits per heavy atom. The van der Waals surface area contributed by atoms with E-state index in [1.54, 1.807) is 0 Å². The van der Waals surface area contributed by atoms with Gasteiger partial charge >= 0.3 is 0 Å². The van der Waals surface area contributed by atoms with Crippen LogP contribution in [0.4, 0.5) is 0 Å². The van der Waals surface area contributed by atoms with Crippen molar-refractivity contribution in [2.45, 2.75) is 51.0 Å². The summed E-state index contributed by atoms with van der Waals surface area (Å²) in [5, 5.41) is 12.6. The Hall–Kier alpha value is -1.28. The second-order valence-electron chi connectivity index (χ2n) is 6.73. The summed E-state index contributed by atoms with van der Waals surface area (Å²) < 4.78 is 7.75. The van der Waals surface area contributed by atoms with E-state index in [9.17, 15) is 0 Å². The van der Waals surface area contributed by atoms with Gasteiger partial charge in [-0.2, -0.15) is 11.8 Å². The van der Waals surface area contributed by atoms with Crippen molar-refractivity contribution in [1.29, 1.82) is 0 Å². The fourth-order valence-electron chi connectivity index (χ4n) is 3.17. The molecule has 8 heteroatoms. The quantitative estimate of drug-likeness (QED) is 0.630. The lowest BCUT2D eigenvalue weighted by atomic mass is 10.2. The number of guanidine groups is 1. The Kier molecular flexibility index (Phi) is 6.58. The molecule has 25 heavy (non-hydrogen) atoms. The van der Waals surface area contributed by atoms with Gasteiger partial charge in [-0.15, -0.1) is 10.2 Å². The molecule has 0 saturated carbocycles. The van der Waals surface area contributed by atoms with Crippen molar-refractivity contribution in [2.75, 3.05) is 32.0 Å². The molecule has 2 atom stereocenters. The van der Waals surface area contributed by atoms with Gasteiger partial charge in [0.25, 0.3) is 0 Å². The molecule has 1 aromatic rings. The standard InChI is InChI=1S/C17H30N6OS/c1-4-15-12-23(7-9-25-15)17(18-10-14-6-5-8-24-14)19-11-16-21-20-13(2)22(16)3/h14-15H,4-12H2,1-3H3,(H,18,19). The highest BCUT2D eigenvalue weighted by Gasteiger charge is 2.23. The van der Waals surface area contributed by atoms with E-state index in [4.69, 9.17) is 9.73 Å². The number of thioether (sulfide) groups is 1. The largest absolute Gasteiger partial charge is 0.376 e. The number of hydrogen-bond donors (Lipinski definition) is 1. The predicted octanol–water partition coefficient (Wildman–Crippen LogP) is 1.58. The fourth-order valence-corrected chi connectivity index (χ4v) is 4.35. The van der Waals surface area contributed by atoms with Crippen LogP contribution in [0.3, 0.4) is 0 Å². The second kappa shape index (κ2) is 8.89. The van der Waals surface area contributed by atoms with Crippen molar-refractivity contribution in [2.24, 2.45) is 12.0 Å². The summed E-state index contributed by atoms with van der Waals surface area (Å²) in [5.74, 6) is 3.95. The molecule has 3 heterocycles. The molecule has 2 aliphatic heterocycles. The minimum atomic E-state index is 0.309. The molecular formula is C17H30N6OS. The van der Waals surface area contributed by atoms with Crippen LogP contribution >= 0.6 is 11.8 Å². The minimum absolute atomic E-state index is 0.309. The monoisotopic (exact) mass is 366 g/mol. The van der Waals surface area contributed by atoms with Gasteiger partial charge in [0.2, 0.25) is 0 Å². The van der Waals surface area contributed by atoms with Crippen molar-refractivity contribution in [3.63, 3.8) is 0 Å². The maximum absolute atomic E-state index is 5.75. The molecule has 0 amide bonds. The number of rotatable bonds is 5. The van der Waals surface area contributed by atoms with Crippen molar-refractivity contribution >= 4 is 17.7 Å². The maximum Gasteiger partial charge on any atom is 0.194 e. The first-order valence-electron chi connectivity index (χ1n) is 9.28. The van der Waals surface area contributed by atoms with Crippen LogP contribution in [0.1, 0.15) is 37.8 Å². The summed E-state index contributed by atoms with van der Waals surface area (Å²) in [7, 11) is 1.99. The van der Waals surface area contributed by atoms with Crippen molar-refractivity contribution in [3.8, 4) is 0 Å². The first-order chi connectivity index (χ1) is 12.2. The zero-order valence-electron chi connectivity index (χ0n) is 15.6. The molecular weight excluding hydrogens is 336 g/mol. The van der Waals surface area contributed by atoms with E-state index < -0.39 is 0 Å². The third-order valence-corrected chi connectivity index (χ3v) is 6.33. The highest BCUT2D eigenvalue weighted by molar-refractivity contribution is 8.00. The Bertz CT molecular complexity index is 584. The summed E-state index contributed by atoms with van der Waals surface area (Å²) in [6.07, 6.45) is 3.80. The van der Waals surface area contributed by atoms with Crippen LogP contribution in [-0.4, -0.2) is 69.0 Å². The van der Waals surface area contributed by atoms with Gasteiger partial charge in [0.1, 0.15) is 12.4 Å². The first-order valence-corrected chi connectivity index (χ1v) is 10.3. The first kappa shape index (κ1) is 18.5. The summed E-state index contributed by atoms with van der Waals surface area (Å²) in [4.78, 5) is 7.26. The maximum atomic E-state index is 5.75. The molecule has 2 fully saturated rings. The number of ether oxygens (including phenoxy) is 1. The number of aliphatic imine (C=N–C) groups is 1. The smallest absolute Gasteiger partial charge is 0.194 e. The molecule has 1 aromatic heterocycles. The van der Waals surface area contributed by atoms with Crippen LogP contribution in [-0.2, 0) is 18.3 Å². The predicted molar refractivity (Wildman–Crippen MR) is 102 cm³/mol. The molecule has 2 unspecified atom stereocenters. The lowest BCUT2D eigenvalue weighted by Crippen LogP contribution is -2.49. The molecule has 2 aliphatic rings. The number of nitrogens with zero attached hydrogens (tertiary/aromatic N) is 5. The van der Waals surface area contributed by atoms with Gasteiger partial charge in [-0.05, 0) is 26.2 Å². The average Bonchev–Trinajstić information content (AvgIpc) is 3.27. The minimum Gasteiger partial charge on any atom is -0.376 e. The lowest BCUT2D eigenvalue weighted by molar-refractivity contribution is 0.113. The highest BCUT2D eigenvalue weighted by Crippen LogP contribution is 2.21. The summed E-state index contributed by atoms with van der Waals surface area (Å²) in [6.45, 7) is 8.58.